The number of carbonyl (C=O) groups is 2. The van der Waals surface area contributed by atoms with Crippen LogP contribution in [-0.2, 0) is 9.59 Å². The molecule has 0 radical (unpaired) electrons. The lowest BCUT2D eigenvalue weighted by atomic mass is 9.66. The van der Waals surface area contributed by atoms with Gasteiger partial charge in [-0.25, -0.2) is 0 Å². The van der Waals surface area contributed by atoms with E-state index in [4.69, 9.17) is 10.2 Å². The molecule has 40 heavy (non-hydrogen) atoms. The molecule has 0 fully saturated rings. The summed E-state index contributed by atoms with van der Waals surface area (Å²) in [6.07, 6.45) is 37.4. The van der Waals surface area contributed by atoms with Gasteiger partial charge in [-0.15, -0.1) is 0 Å². The van der Waals surface area contributed by atoms with Gasteiger partial charge in [-0.3, -0.25) is 9.59 Å². The van der Waals surface area contributed by atoms with E-state index < -0.39 is 11.9 Å². The van der Waals surface area contributed by atoms with Crippen LogP contribution in [0, 0.1) is 23.7 Å². The van der Waals surface area contributed by atoms with E-state index in [1.165, 1.54) is 103 Å². The molecule has 1 aliphatic carbocycles. The third kappa shape index (κ3) is 18.7. The molecule has 0 aromatic heterocycles. The van der Waals surface area contributed by atoms with E-state index in [0.717, 1.165) is 44.4 Å². The molecule has 4 nitrogen and oxygen atoms in total. The zero-order valence-corrected chi connectivity index (χ0v) is 26.3. The predicted molar refractivity (Wildman–Crippen MR) is 170 cm³/mol. The molecule has 1 aliphatic rings. The van der Waals surface area contributed by atoms with Crippen LogP contribution < -0.4 is 0 Å². The third-order valence-electron chi connectivity index (χ3n) is 8.97. The number of hydrogen-bond donors (Lipinski definition) is 2. The molecular formula is C36H64O4. The highest BCUT2D eigenvalue weighted by molar-refractivity contribution is 5.66. The van der Waals surface area contributed by atoms with Gasteiger partial charge in [0.25, 0.3) is 0 Å². The molecule has 0 aromatic rings. The van der Waals surface area contributed by atoms with E-state index in [0.29, 0.717) is 30.6 Å². The first-order chi connectivity index (χ1) is 19.5. The van der Waals surface area contributed by atoms with Gasteiger partial charge >= 0.3 is 11.9 Å². The second-order valence-corrected chi connectivity index (χ2v) is 12.5. The Bertz CT molecular complexity index is 682. The highest BCUT2D eigenvalue weighted by Gasteiger charge is 2.33. The lowest BCUT2D eigenvalue weighted by molar-refractivity contribution is -0.138. The van der Waals surface area contributed by atoms with E-state index in [1.807, 2.05) is 0 Å². The molecule has 0 aromatic carbocycles. The molecule has 0 saturated carbocycles. The van der Waals surface area contributed by atoms with Crippen molar-refractivity contribution in [3.05, 3.63) is 24.3 Å². The van der Waals surface area contributed by atoms with Crippen LogP contribution in [0.15, 0.2) is 24.3 Å². The summed E-state index contributed by atoms with van der Waals surface area (Å²) in [5.74, 6) is 1.32. The molecular weight excluding hydrogens is 496 g/mol. The van der Waals surface area contributed by atoms with Crippen molar-refractivity contribution >= 4 is 11.9 Å². The first kappa shape index (κ1) is 36.4. The number of carboxylic acid groups (broad SMARTS) is 2. The van der Waals surface area contributed by atoms with Crippen molar-refractivity contribution in [2.45, 2.75) is 168 Å². The summed E-state index contributed by atoms with van der Waals surface area (Å²) in [4.78, 5) is 21.6. The van der Waals surface area contributed by atoms with Gasteiger partial charge in [0.05, 0.1) is 0 Å². The van der Waals surface area contributed by atoms with Gasteiger partial charge in [0, 0.05) is 12.8 Å². The van der Waals surface area contributed by atoms with Crippen LogP contribution >= 0.6 is 0 Å². The van der Waals surface area contributed by atoms with Crippen molar-refractivity contribution in [2.75, 3.05) is 0 Å². The minimum Gasteiger partial charge on any atom is -0.481 e. The number of hydrogen-bond acceptors (Lipinski definition) is 2. The summed E-state index contributed by atoms with van der Waals surface area (Å²) < 4.78 is 0. The van der Waals surface area contributed by atoms with E-state index in [9.17, 15) is 9.59 Å². The Morgan fingerprint density at radius 2 is 1.02 bits per heavy atom. The Kier molecular flexibility index (Phi) is 22.9. The fourth-order valence-electron chi connectivity index (χ4n) is 6.57. The highest BCUT2D eigenvalue weighted by Crippen LogP contribution is 2.43. The third-order valence-corrected chi connectivity index (χ3v) is 8.97. The van der Waals surface area contributed by atoms with Gasteiger partial charge in [-0.05, 0) is 68.6 Å². The van der Waals surface area contributed by atoms with E-state index >= 15 is 0 Å². The first-order valence-corrected chi connectivity index (χ1v) is 17.3. The van der Waals surface area contributed by atoms with Crippen molar-refractivity contribution in [3.8, 4) is 0 Å². The Morgan fingerprint density at radius 1 is 0.575 bits per heavy atom. The molecule has 0 saturated heterocycles. The topological polar surface area (TPSA) is 74.6 Å². The fraction of sp³-hybridized carbons (Fsp3) is 0.833. The van der Waals surface area contributed by atoms with Gasteiger partial charge < -0.3 is 10.2 Å². The molecule has 0 aliphatic heterocycles. The van der Waals surface area contributed by atoms with E-state index in [-0.39, 0.29) is 0 Å². The van der Waals surface area contributed by atoms with Gasteiger partial charge in [-0.2, -0.15) is 0 Å². The predicted octanol–water partition coefficient (Wildman–Crippen LogP) is 11.1. The van der Waals surface area contributed by atoms with Crippen molar-refractivity contribution in [2.24, 2.45) is 23.7 Å². The number of carboxylic acids is 2. The van der Waals surface area contributed by atoms with Crippen molar-refractivity contribution in [1.29, 1.82) is 0 Å². The van der Waals surface area contributed by atoms with Crippen LogP contribution in [0.4, 0.5) is 0 Å². The van der Waals surface area contributed by atoms with E-state index in [1.54, 1.807) is 0 Å². The van der Waals surface area contributed by atoms with Crippen molar-refractivity contribution < 1.29 is 19.8 Å². The minimum absolute atomic E-state index is 0.303. The summed E-state index contributed by atoms with van der Waals surface area (Å²) in [7, 11) is 0. The van der Waals surface area contributed by atoms with Crippen LogP contribution in [0.3, 0.4) is 0 Å². The van der Waals surface area contributed by atoms with Gasteiger partial charge in [0.15, 0.2) is 0 Å². The smallest absolute Gasteiger partial charge is 0.303 e. The maximum Gasteiger partial charge on any atom is 0.303 e. The number of allylic oxidation sites excluding steroid dienone is 4. The van der Waals surface area contributed by atoms with Gasteiger partial charge in [0.1, 0.15) is 0 Å². The highest BCUT2D eigenvalue weighted by atomic mass is 16.4. The Hall–Kier alpha value is -1.58. The average molecular weight is 561 g/mol. The molecule has 0 amide bonds. The molecule has 0 spiro atoms. The first-order valence-electron chi connectivity index (χ1n) is 17.3. The van der Waals surface area contributed by atoms with E-state index in [2.05, 4.69) is 38.2 Å². The summed E-state index contributed by atoms with van der Waals surface area (Å²) in [5, 5.41) is 17.8. The SMILES string of the molecule is CCCCCCC=CC1C(CCCCCCCC(=O)O)C=CC(CCCCCC)C1CCCCCCCC(=O)O. The number of unbranched alkanes of at least 4 members (excludes halogenated alkanes) is 15. The largest absolute Gasteiger partial charge is 0.481 e. The summed E-state index contributed by atoms with van der Waals surface area (Å²) in [6, 6.07) is 0. The molecule has 232 valence electrons. The normalized spacial score (nSPS) is 20.9. The van der Waals surface area contributed by atoms with Gasteiger partial charge in [0.2, 0.25) is 0 Å². The van der Waals surface area contributed by atoms with Gasteiger partial charge in [-0.1, -0.05) is 134 Å². The monoisotopic (exact) mass is 560 g/mol. The number of rotatable bonds is 27. The molecule has 0 bridgehead atoms. The number of aliphatic carboxylic acids is 2. The average Bonchev–Trinajstić information content (AvgIpc) is 2.92. The maximum absolute atomic E-state index is 10.8. The Balaban J connectivity index is 2.79. The quantitative estimate of drug-likeness (QED) is 0.0774. The second-order valence-electron chi connectivity index (χ2n) is 12.5. The summed E-state index contributed by atoms with van der Waals surface area (Å²) >= 11 is 0. The summed E-state index contributed by atoms with van der Waals surface area (Å²) in [6.45, 7) is 4.57. The standard InChI is InChI=1S/C36H64O4/c1-3-5-7-9-13-19-25-34-32(24-18-12-10-15-21-27-35(37)38)30-29-31(23-17-8-6-4-2)33(34)26-20-14-11-16-22-28-36(39)40/h19,25,29-34H,3-18,20-24,26-28H2,1-2H3,(H,37,38)(H,39,40). The molecule has 4 unspecified atom stereocenters. The van der Waals surface area contributed by atoms with Crippen molar-refractivity contribution in [3.63, 3.8) is 0 Å². The lowest BCUT2D eigenvalue weighted by Gasteiger charge is -2.39. The van der Waals surface area contributed by atoms with Crippen molar-refractivity contribution in [1.82, 2.24) is 0 Å². The molecule has 1 rings (SSSR count). The van der Waals surface area contributed by atoms with Crippen LogP contribution in [-0.4, -0.2) is 22.2 Å². The van der Waals surface area contributed by atoms with Crippen LogP contribution in [0.2, 0.25) is 0 Å². The summed E-state index contributed by atoms with van der Waals surface area (Å²) in [5.41, 5.74) is 0. The Labute approximate surface area is 247 Å². The zero-order chi connectivity index (χ0) is 29.3. The maximum atomic E-state index is 10.8. The van der Waals surface area contributed by atoms with Crippen LogP contribution in [0.5, 0.6) is 0 Å². The second kappa shape index (κ2) is 25.2. The van der Waals surface area contributed by atoms with Crippen LogP contribution in [0.1, 0.15) is 168 Å². The molecule has 2 N–H and O–H groups in total. The fourth-order valence-corrected chi connectivity index (χ4v) is 6.57. The zero-order valence-electron chi connectivity index (χ0n) is 26.3. The van der Waals surface area contributed by atoms with Crippen LogP contribution in [0.25, 0.3) is 0 Å². The molecule has 4 heteroatoms. The molecule has 4 atom stereocenters. The minimum atomic E-state index is -0.674. The lowest BCUT2D eigenvalue weighted by Crippen LogP contribution is -2.30. The molecule has 0 heterocycles. The Morgan fingerprint density at radius 3 is 1.60 bits per heavy atom.